The lowest BCUT2D eigenvalue weighted by Gasteiger charge is -2.44. The van der Waals surface area contributed by atoms with Crippen LogP contribution in [0.1, 0.15) is 60.3 Å². The summed E-state index contributed by atoms with van der Waals surface area (Å²) in [5, 5.41) is 0.657. The van der Waals surface area contributed by atoms with Crippen LogP contribution in [0.3, 0.4) is 0 Å². The highest BCUT2D eigenvalue weighted by atomic mass is 32.3. The number of fused-ring (bicyclic) bond motifs is 1. The van der Waals surface area contributed by atoms with E-state index >= 15 is 0 Å². The Labute approximate surface area is 183 Å². The summed E-state index contributed by atoms with van der Waals surface area (Å²) in [6.07, 6.45) is 1.48. The number of urea groups is 1. The van der Waals surface area contributed by atoms with Gasteiger partial charge < -0.3 is 15.4 Å². The molecule has 2 atom stereocenters. The molecule has 2 rings (SSSR count). The maximum atomic E-state index is 12.5. The molecule has 1 saturated carbocycles. The summed E-state index contributed by atoms with van der Waals surface area (Å²) in [5.41, 5.74) is 3.15. The predicted octanol–water partition coefficient (Wildman–Crippen LogP) is 1.33. The Bertz CT molecular complexity index is 841. The minimum Gasteiger partial charge on any atom is -0.465 e. The molecule has 0 spiro atoms. The number of hydroxylamine groups is 2. The Kier molecular flexibility index (Phi) is 6.99. The van der Waals surface area contributed by atoms with E-state index < -0.39 is 44.7 Å². The Morgan fingerprint density at radius 1 is 1.19 bits per heavy atom. The summed E-state index contributed by atoms with van der Waals surface area (Å²) < 4.78 is 40.0. The van der Waals surface area contributed by atoms with E-state index in [1.807, 2.05) is 27.7 Å². The van der Waals surface area contributed by atoms with Gasteiger partial charge in [0.15, 0.2) is 0 Å². The number of carbonyl (C=O) groups excluding carboxylic acids is 3. The fourth-order valence-corrected chi connectivity index (χ4v) is 5.24. The second kappa shape index (κ2) is 8.55. The third-order valence-electron chi connectivity index (χ3n) is 5.77. The van der Waals surface area contributed by atoms with Crippen molar-refractivity contribution in [2.45, 2.75) is 71.9 Å². The summed E-state index contributed by atoms with van der Waals surface area (Å²) in [7, 11) is -3.19. The number of primary amides is 1. The van der Waals surface area contributed by atoms with Gasteiger partial charge in [0.25, 0.3) is 0 Å². The SMILES string of the molecule is CCC(=O)OCC(C)(C)CC(C)(C)COS(=O)(=O)ON1C(=O)N(C)[C@@]2(C(N)=O)CC[C@@H]12. The average molecular weight is 464 g/mol. The zero-order valence-corrected chi connectivity index (χ0v) is 19.8. The molecule has 0 aromatic heterocycles. The van der Waals surface area contributed by atoms with Gasteiger partial charge in [-0.2, -0.15) is 13.5 Å². The van der Waals surface area contributed by atoms with Crippen molar-refractivity contribution >= 4 is 28.3 Å². The molecule has 1 aliphatic carbocycles. The van der Waals surface area contributed by atoms with Crippen LogP contribution in [-0.2, 0) is 33.2 Å². The van der Waals surface area contributed by atoms with Crippen molar-refractivity contribution in [3.63, 3.8) is 0 Å². The summed E-state index contributed by atoms with van der Waals surface area (Å²) in [4.78, 5) is 36.9. The van der Waals surface area contributed by atoms with Crippen molar-refractivity contribution in [1.82, 2.24) is 9.96 Å². The number of hydrogen-bond donors (Lipinski definition) is 1. The van der Waals surface area contributed by atoms with Crippen molar-refractivity contribution in [2.24, 2.45) is 16.6 Å². The van der Waals surface area contributed by atoms with Gasteiger partial charge in [-0.1, -0.05) is 34.6 Å². The summed E-state index contributed by atoms with van der Waals surface area (Å²) in [5.74, 6) is -1.02. The second-order valence-electron chi connectivity index (χ2n) is 9.77. The van der Waals surface area contributed by atoms with E-state index in [2.05, 4.69) is 0 Å². The normalized spacial score (nSPS) is 24.1. The largest absolute Gasteiger partial charge is 0.465 e. The standard InChI is InChI=1S/C19H33N3O8S/c1-7-14(23)28-11-17(2,3)10-18(4,5)12-29-31(26,27)30-22-13-8-9-19(13,15(20)24)21(6)16(22)25/h13H,7-12H2,1-6H3,(H2,20,24)/t13-,19+/m1/s1. The van der Waals surface area contributed by atoms with Crippen molar-refractivity contribution in [2.75, 3.05) is 20.3 Å². The number of likely N-dealkylation sites (N-methyl/N-ethyl adjacent to an activating group) is 1. The van der Waals surface area contributed by atoms with Crippen LogP contribution in [0.25, 0.3) is 0 Å². The molecule has 11 nitrogen and oxygen atoms in total. The lowest BCUT2D eigenvalue weighted by atomic mass is 9.71. The highest BCUT2D eigenvalue weighted by molar-refractivity contribution is 7.81. The average Bonchev–Trinajstić information content (AvgIpc) is 2.74. The van der Waals surface area contributed by atoms with Gasteiger partial charge in [0.1, 0.15) is 5.54 Å². The molecule has 178 valence electrons. The number of esters is 1. The lowest BCUT2D eigenvalue weighted by molar-refractivity contribution is -0.147. The topological polar surface area (TPSA) is 146 Å². The highest BCUT2D eigenvalue weighted by Gasteiger charge is 2.67. The number of ether oxygens (including phenoxy) is 1. The number of nitrogens with zero attached hydrogens (tertiary/aromatic N) is 2. The first-order chi connectivity index (χ1) is 14.1. The van der Waals surface area contributed by atoms with E-state index in [0.29, 0.717) is 24.3 Å². The first-order valence-corrected chi connectivity index (χ1v) is 11.5. The van der Waals surface area contributed by atoms with Gasteiger partial charge in [-0.05, 0) is 30.1 Å². The van der Waals surface area contributed by atoms with Gasteiger partial charge in [-0.25, -0.2) is 8.98 Å². The monoisotopic (exact) mass is 463 g/mol. The fourth-order valence-electron chi connectivity index (χ4n) is 4.36. The van der Waals surface area contributed by atoms with Crippen LogP contribution in [0.15, 0.2) is 0 Å². The van der Waals surface area contributed by atoms with Crippen LogP contribution in [-0.4, -0.2) is 68.1 Å². The maximum Gasteiger partial charge on any atom is 0.421 e. The predicted molar refractivity (Wildman–Crippen MR) is 109 cm³/mol. The van der Waals surface area contributed by atoms with Gasteiger partial charge in [-0.15, -0.1) is 4.28 Å². The molecule has 0 bridgehead atoms. The van der Waals surface area contributed by atoms with Gasteiger partial charge in [-0.3, -0.25) is 9.59 Å². The van der Waals surface area contributed by atoms with Crippen LogP contribution in [0.4, 0.5) is 4.79 Å². The van der Waals surface area contributed by atoms with Gasteiger partial charge >= 0.3 is 22.4 Å². The number of rotatable bonds is 11. The quantitative estimate of drug-likeness (QED) is 0.452. The summed E-state index contributed by atoms with van der Waals surface area (Å²) >= 11 is 0. The van der Waals surface area contributed by atoms with Crippen molar-refractivity contribution in [3.8, 4) is 0 Å². The van der Waals surface area contributed by atoms with Crippen molar-refractivity contribution < 1.29 is 36.0 Å². The number of hydrogen-bond acceptors (Lipinski definition) is 8. The van der Waals surface area contributed by atoms with E-state index in [1.54, 1.807) is 6.92 Å². The number of nitrogens with two attached hydrogens (primary N) is 1. The Hall–Kier alpha value is -1.92. The molecular weight excluding hydrogens is 430 g/mol. The highest BCUT2D eigenvalue weighted by Crippen LogP contribution is 2.47. The molecule has 2 N–H and O–H groups in total. The number of carbonyl (C=O) groups is 3. The Morgan fingerprint density at radius 3 is 2.23 bits per heavy atom. The first-order valence-electron chi connectivity index (χ1n) is 10.2. The minimum absolute atomic E-state index is 0.192. The smallest absolute Gasteiger partial charge is 0.421 e. The molecule has 0 radical (unpaired) electrons. The Morgan fingerprint density at radius 2 is 1.77 bits per heavy atom. The first kappa shape index (κ1) is 25.3. The molecule has 0 aromatic rings. The van der Waals surface area contributed by atoms with Crippen LogP contribution in [0.5, 0.6) is 0 Å². The third kappa shape index (κ3) is 5.29. The molecule has 2 fully saturated rings. The molecule has 2 aliphatic rings. The third-order valence-corrected chi connectivity index (χ3v) is 6.52. The lowest BCUT2D eigenvalue weighted by Crippen LogP contribution is -2.66. The van der Waals surface area contributed by atoms with Crippen LogP contribution in [0, 0.1) is 10.8 Å². The fraction of sp³-hybridized carbons (Fsp3) is 0.842. The minimum atomic E-state index is -4.57. The zero-order valence-electron chi connectivity index (χ0n) is 19.0. The number of amides is 3. The van der Waals surface area contributed by atoms with E-state index in [-0.39, 0.29) is 25.6 Å². The summed E-state index contributed by atoms with van der Waals surface area (Å²) in [6, 6.07) is -1.56. The van der Waals surface area contributed by atoms with E-state index in [9.17, 15) is 22.8 Å². The van der Waals surface area contributed by atoms with E-state index in [1.165, 1.54) is 7.05 Å². The molecular formula is C19H33N3O8S. The van der Waals surface area contributed by atoms with E-state index in [4.69, 9.17) is 18.9 Å². The molecule has 0 unspecified atom stereocenters. The van der Waals surface area contributed by atoms with Gasteiger partial charge in [0.05, 0.1) is 19.3 Å². The second-order valence-corrected chi connectivity index (χ2v) is 11.0. The maximum absolute atomic E-state index is 12.5. The molecule has 1 saturated heterocycles. The summed E-state index contributed by atoms with van der Waals surface area (Å²) in [6.45, 7) is 9.11. The molecule has 0 aromatic carbocycles. The van der Waals surface area contributed by atoms with Crippen LogP contribution < -0.4 is 5.73 Å². The molecule has 31 heavy (non-hydrogen) atoms. The molecule has 1 heterocycles. The Balaban J connectivity index is 1.98. The van der Waals surface area contributed by atoms with Gasteiger partial charge in [0.2, 0.25) is 5.91 Å². The van der Waals surface area contributed by atoms with Crippen molar-refractivity contribution in [3.05, 3.63) is 0 Å². The van der Waals surface area contributed by atoms with Gasteiger partial charge in [0, 0.05) is 13.5 Å². The van der Waals surface area contributed by atoms with E-state index in [0.717, 1.165) is 4.90 Å². The molecule has 3 amide bonds. The van der Waals surface area contributed by atoms with Crippen LogP contribution in [0.2, 0.25) is 0 Å². The van der Waals surface area contributed by atoms with Crippen molar-refractivity contribution in [1.29, 1.82) is 0 Å². The van der Waals surface area contributed by atoms with Crippen LogP contribution >= 0.6 is 0 Å². The molecule has 12 heteroatoms. The zero-order chi connectivity index (χ0) is 23.8. The molecule has 1 aliphatic heterocycles.